The van der Waals surface area contributed by atoms with Crippen LogP contribution >= 0.6 is 0 Å². The number of amides is 1. The minimum Gasteiger partial charge on any atom is -0.480 e. The van der Waals surface area contributed by atoms with Gasteiger partial charge in [-0.3, -0.25) is 14.9 Å². The van der Waals surface area contributed by atoms with Gasteiger partial charge in [0.15, 0.2) is 0 Å². The van der Waals surface area contributed by atoms with Crippen molar-refractivity contribution in [1.82, 2.24) is 10.2 Å². The van der Waals surface area contributed by atoms with Gasteiger partial charge in [0, 0.05) is 34.5 Å². The molecule has 0 fully saturated rings. The highest BCUT2D eigenvalue weighted by atomic mass is 16.6. The highest BCUT2D eigenvalue weighted by molar-refractivity contribution is 6.05. The number of nitro groups is 1. The number of methoxy groups -OCH3 is 1. The Morgan fingerprint density at radius 1 is 1.11 bits per heavy atom. The Kier molecular flexibility index (Phi) is 5.07. The second kappa shape index (κ2) is 7.61. The van der Waals surface area contributed by atoms with Crippen molar-refractivity contribution in [3.63, 3.8) is 0 Å². The lowest BCUT2D eigenvalue weighted by molar-refractivity contribution is -0.385. The molecular weight excluding hydrogens is 348 g/mol. The maximum atomic E-state index is 12.5. The summed E-state index contributed by atoms with van der Waals surface area (Å²) in [7, 11) is 1.51. The number of nitrogens with zero attached hydrogens (tertiary/aromatic N) is 3. The van der Waals surface area contributed by atoms with E-state index >= 15 is 0 Å². The number of aromatic nitrogens is 2. The number of hydrogen-bond acceptors (Lipinski definition) is 6. The quantitative estimate of drug-likeness (QED) is 0.547. The van der Waals surface area contributed by atoms with E-state index in [2.05, 4.69) is 15.5 Å². The fourth-order valence-corrected chi connectivity index (χ4v) is 2.49. The van der Waals surface area contributed by atoms with Crippen LogP contribution in [-0.4, -0.2) is 28.1 Å². The molecule has 0 unspecified atom stereocenters. The lowest BCUT2D eigenvalue weighted by atomic mass is 10.1. The van der Waals surface area contributed by atoms with Crippen LogP contribution in [0, 0.1) is 17.0 Å². The molecule has 1 heterocycles. The highest BCUT2D eigenvalue weighted by Crippen LogP contribution is 2.23. The van der Waals surface area contributed by atoms with Crippen molar-refractivity contribution in [2.24, 2.45) is 0 Å². The summed E-state index contributed by atoms with van der Waals surface area (Å²) in [5.74, 6) is -0.0276. The first-order chi connectivity index (χ1) is 13.0. The van der Waals surface area contributed by atoms with Crippen molar-refractivity contribution >= 4 is 17.3 Å². The molecule has 0 saturated carbocycles. The van der Waals surface area contributed by atoms with Crippen molar-refractivity contribution in [1.29, 1.82) is 0 Å². The van der Waals surface area contributed by atoms with E-state index in [0.717, 1.165) is 5.56 Å². The first kappa shape index (κ1) is 18.0. The lowest BCUT2D eigenvalue weighted by Gasteiger charge is -2.08. The van der Waals surface area contributed by atoms with Gasteiger partial charge in [-0.15, -0.1) is 10.2 Å². The molecule has 0 aliphatic heterocycles. The molecule has 0 radical (unpaired) electrons. The number of rotatable bonds is 5. The molecule has 8 heteroatoms. The van der Waals surface area contributed by atoms with E-state index in [-0.39, 0.29) is 11.3 Å². The first-order valence-electron chi connectivity index (χ1n) is 8.02. The van der Waals surface area contributed by atoms with Crippen LogP contribution in [0.1, 0.15) is 15.9 Å². The van der Waals surface area contributed by atoms with Crippen molar-refractivity contribution in [3.8, 4) is 17.1 Å². The van der Waals surface area contributed by atoms with Crippen LogP contribution in [0.15, 0.2) is 54.6 Å². The number of hydrogen-bond donors (Lipinski definition) is 1. The van der Waals surface area contributed by atoms with Crippen molar-refractivity contribution in [2.75, 3.05) is 12.4 Å². The standard InChI is InChI=1S/C19H16N4O4/c1-12-6-7-14(11-17(12)23(25)26)19(24)20-15-5-3-4-13(10-15)16-8-9-18(27-2)22-21-16/h3-11H,1-2H3,(H,20,24). The predicted molar refractivity (Wildman–Crippen MR) is 99.8 cm³/mol. The molecule has 27 heavy (non-hydrogen) atoms. The highest BCUT2D eigenvalue weighted by Gasteiger charge is 2.15. The second-order valence-electron chi connectivity index (χ2n) is 5.75. The minimum atomic E-state index is -0.505. The zero-order valence-electron chi connectivity index (χ0n) is 14.7. The molecule has 3 aromatic rings. The molecule has 0 spiro atoms. The van der Waals surface area contributed by atoms with E-state index in [0.29, 0.717) is 22.8 Å². The molecular formula is C19H16N4O4. The average Bonchev–Trinajstić information content (AvgIpc) is 2.68. The average molecular weight is 364 g/mol. The third-order valence-corrected chi connectivity index (χ3v) is 3.93. The van der Waals surface area contributed by atoms with Crippen LogP contribution in [0.4, 0.5) is 11.4 Å². The van der Waals surface area contributed by atoms with E-state index in [1.54, 1.807) is 49.4 Å². The first-order valence-corrected chi connectivity index (χ1v) is 8.02. The predicted octanol–water partition coefficient (Wildman–Crippen LogP) is 3.62. The van der Waals surface area contributed by atoms with E-state index in [1.165, 1.54) is 13.2 Å². The van der Waals surface area contributed by atoms with Gasteiger partial charge < -0.3 is 10.1 Å². The Balaban J connectivity index is 1.82. The fourth-order valence-electron chi connectivity index (χ4n) is 2.49. The number of nitro benzene ring substituents is 1. The molecule has 0 aliphatic carbocycles. The number of ether oxygens (including phenoxy) is 1. The fraction of sp³-hybridized carbons (Fsp3) is 0.105. The molecule has 3 rings (SSSR count). The van der Waals surface area contributed by atoms with E-state index in [9.17, 15) is 14.9 Å². The molecule has 1 N–H and O–H groups in total. The van der Waals surface area contributed by atoms with Gasteiger partial charge in [-0.25, -0.2) is 0 Å². The van der Waals surface area contributed by atoms with Gasteiger partial charge in [0.25, 0.3) is 11.6 Å². The number of anilines is 1. The van der Waals surface area contributed by atoms with Gasteiger partial charge in [-0.05, 0) is 31.2 Å². The number of carbonyl (C=O) groups is 1. The second-order valence-corrected chi connectivity index (χ2v) is 5.75. The van der Waals surface area contributed by atoms with Crippen LogP contribution < -0.4 is 10.1 Å². The van der Waals surface area contributed by atoms with E-state index in [1.807, 2.05) is 6.07 Å². The molecule has 0 atom stereocenters. The molecule has 0 aliphatic rings. The topological polar surface area (TPSA) is 107 Å². The monoisotopic (exact) mass is 364 g/mol. The third kappa shape index (κ3) is 4.06. The normalized spacial score (nSPS) is 10.3. The zero-order valence-corrected chi connectivity index (χ0v) is 14.7. The van der Waals surface area contributed by atoms with Gasteiger partial charge in [0.05, 0.1) is 17.7 Å². The minimum absolute atomic E-state index is 0.0927. The molecule has 0 bridgehead atoms. The van der Waals surface area contributed by atoms with E-state index in [4.69, 9.17) is 4.74 Å². The molecule has 1 aromatic heterocycles. The number of aryl methyl sites for hydroxylation is 1. The summed E-state index contributed by atoms with van der Waals surface area (Å²) >= 11 is 0. The van der Waals surface area contributed by atoms with Crippen molar-refractivity contribution in [3.05, 3.63) is 75.8 Å². The maximum absolute atomic E-state index is 12.5. The van der Waals surface area contributed by atoms with Crippen LogP contribution in [0.25, 0.3) is 11.3 Å². The van der Waals surface area contributed by atoms with Gasteiger partial charge in [0.2, 0.25) is 5.88 Å². The Morgan fingerprint density at radius 3 is 2.59 bits per heavy atom. The van der Waals surface area contributed by atoms with Gasteiger partial charge in [-0.1, -0.05) is 18.2 Å². The Hall–Kier alpha value is -3.81. The van der Waals surface area contributed by atoms with E-state index < -0.39 is 10.8 Å². The summed E-state index contributed by atoms with van der Waals surface area (Å²) in [4.78, 5) is 23.0. The summed E-state index contributed by atoms with van der Waals surface area (Å²) in [6.07, 6.45) is 0. The number of nitrogens with one attached hydrogen (secondary N) is 1. The largest absolute Gasteiger partial charge is 0.480 e. The van der Waals surface area contributed by atoms with Crippen LogP contribution in [-0.2, 0) is 0 Å². The number of benzene rings is 2. The van der Waals surface area contributed by atoms with Crippen LogP contribution in [0.5, 0.6) is 5.88 Å². The zero-order chi connectivity index (χ0) is 19.4. The van der Waals surface area contributed by atoms with Crippen LogP contribution in [0.2, 0.25) is 0 Å². The number of carbonyl (C=O) groups excluding carboxylic acids is 1. The Morgan fingerprint density at radius 2 is 1.93 bits per heavy atom. The maximum Gasteiger partial charge on any atom is 0.273 e. The summed E-state index contributed by atoms with van der Waals surface area (Å²) in [5.41, 5.74) is 2.54. The molecule has 0 saturated heterocycles. The summed E-state index contributed by atoms with van der Waals surface area (Å²) < 4.78 is 4.99. The van der Waals surface area contributed by atoms with Crippen LogP contribution in [0.3, 0.4) is 0 Å². The molecule has 2 aromatic carbocycles. The smallest absolute Gasteiger partial charge is 0.273 e. The summed E-state index contributed by atoms with van der Waals surface area (Å²) in [6.45, 7) is 1.62. The molecule has 1 amide bonds. The van der Waals surface area contributed by atoms with Gasteiger partial charge in [-0.2, -0.15) is 0 Å². The SMILES string of the molecule is COc1ccc(-c2cccc(NC(=O)c3ccc(C)c([N+](=O)[O-])c3)c2)nn1. The van der Waals surface area contributed by atoms with Gasteiger partial charge in [0.1, 0.15) is 0 Å². The van der Waals surface area contributed by atoms with Gasteiger partial charge >= 0.3 is 0 Å². The summed E-state index contributed by atoms with van der Waals surface area (Å²) in [6, 6.07) is 14.9. The molecule has 136 valence electrons. The third-order valence-electron chi connectivity index (χ3n) is 3.93. The Labute approximate surface area is 155 Å². The Bertz CT molecular complexity index is 1000. The summed E-state index contributed by atoms with van der Waals surface area (Å²) in [5, 5.41) is 21.8. The van der Waals surface area contributed by atoms with Crippen molar-refractivity contribution in [2.45, 2.75) is 6.92 Å². The van der Waals surface area contributed by atoms with Crippen molar-refractivity contribution < 1.29 is 14.5 Å². The lowest BCUT2D eigenvalue weighted by Crippen LogP contribution is -2.12. The molecule has 8 nitrogen and oxygen atoms in total.